The van der Waals surface area contributed by atoms with E-state index in [0.717, 1.165) is 0 Å². The van der Waals surface area contributed by atoms with Crippen LogP contribution in [0.15, 0.2) is 12.1 Å². The van der Waals surface area contributed by atoms with Gasteiger partial charge in [0.15, 0.2) is 11.5 Å². The standard InChI is InChI=1S/C8H10FNO2/c1-12-7-3-5(4-10)2-6(11)8(7)9/h2-3,11H,4,10H2,1H3. The Morgan fingerprint density at radius 1 is 1.58 bits per heavy atom. The molecular weight excluding hydrogens is 161 g/mol. The Labute approximate surface area is 69.6 Å². The molecule has 0 radical (unpaired) electrons. The van der Waals surface area contributed by atoms with E-state index in [1.165, 1.54) is 19.2 Å². The maximum absolute atomic E-state index is 12.9. The molecule has 0 bridgehead atoms. The van der Waals surface area contributed by atoms with Crippen LogP contribution in [-0.2, 0) is 6.54 Å². The lowest BCUT2D eigenvalue weighted by atomic mass is 10.2. The van der Waals surface area contributed by atoms with E-state index in [4.69, 9.17) is 10.8 Å². The number of hydrogen-bond acceptors (Lipinski definition) is 3. The minimum Gasteiger partial charge on any atom is -0.505 e. The SMILES string of the molecule is COc1cc(CN)cc(O)c1F. The number of benzene rings is 1. The van der Waals surface area contributed by atoms with Gasteiger partial charge >= 0.3 is 0 Å². The summed E-state index contributed by atoms with van der Waals surface area (Å²) in [6.07, 6.45) is 0. The Kier molecular flexibility index (Phi) is 2.50. The number of nitrogens with two attached hydrogens (primary N) is 1. The van der Waals surface area contributed by atoms with Crippen LogP contribution in [0.2, 0.25) is 0 Å². The van der Waals surface area contributed by atoms with Gasteiger partial charge in [-0.25, -0.2) is 0 Å². The van der Waals surface area contributed by atoms with Crippen molar-refractivity contribution in [2.24, 2.45) is 5.73 Å². The highest BCUT2D eigenvalue weighted by Crippen LogP contribution is 2.27. The lowest BCUT2D eigenvalue weighted by Crippen LogP contribution is -1.98. The van der Waals surface area contributed by atoms with Gasteiger partial charge in [0.1, 0.15) is 0 Å². The molecule has 0 aliphatic carbocycles. The molecule has 3 N–H and O–H groups in total. The van der Waals surface area contributed by atoms with Crippen molar-refractivity contribution < 1.29 is 14.2 Å². The Morgan fingerprint density at radius 2 is 2.25 bits per heavy atom. The highest BCUT2D eigenvalue weighted by atomic mass is 19.1. The highest BCUT2D eigenvalue weighted by molar-refractivity contribution is 5.39. The topological polar surface area (TPSA) is 55.5 Å². The van der Waals surface area contributed by atoms with E-state index in [1.54, 1.807) is 0 Å². The predicted molar refractivity (Wildman–Crippen MR) is 42.5 cm³/mol. The summed E-state index contributed by atoms with van der Waals surface area (Å²) in [5.74, 6) is -1.18. The van der Waals surface area contributed by atoms with Gasteiger partial charge in [-0.2, -0.15) is 4.39 Å². The first kappa shape index (κ1) is 8.80. The summed E-state index contributed by atoms with van der Waals surface area (Å²) in [6, 6.07) is 2.73. The fourth-order valence-corrected chi connectivity index (χ4v) is 0.905. The van der Waals surface area contributed by atoms with Gasteiger partial charge in [0.25, 0.3) is 0 Å². The molecule has 1 aromatic rings. The van der Waals surface area contributed by atoms with Crippen molar-refractivity contribution in [3.8, 4) is 11.5 Å². The van der Waals surface area contributed by atoms with E-state index < -0.39 is 11.6 Å². The van der Waals surface area contributed by atoms with Crippen LogP contribution in [0.3, 0.4) is 0 Å². The Balaban J connectivity index is 3.19. The molecule has 66 valence electrons. The molecule has 0 atom stereocenters. The fraction of sp³-hybridized carbons (Fsp3) is 0.250. The number of phenolic OH excluding ortho intramolecular Hbond substituents is 1. The summed E-state index contributed by atoms with van der Waals surface area (Å²) in [5, 5.41) is 9.03. The lowest BCUT2D eigenvalue weighted by Gasteiger charge is -2.05. The Bertz CT molecular complexity index is 289. The van der Waals surface area contributed by atoms with Crippen LogP contribution in [0, 0.1) is 5.82 Å². The van der Waals surface area contributed by atoms with E-state index in [2.05, 4.69) is 4.74 Å². The molecule has 1 rings (SSSR count). The average Bonchev–Trinajstić information content (AvgIpc) is 2.09. The zero-order valence-corrected chi connectivity index (χ0v) is 6.67. The zero-order chi connectivity index (χ0) is 9.14. The first-order valence-electron chi connectivity index (χ1n) is 3.44. The van der Waals surface area contributed by atoms with Gasteiger partial charge < -0.3 is 15.6 Å². The van der Waals surface area contributed by atoms with Crippen LogP contribution < -0.4 is 10.5 Å². The molecule has 0 saturated carbocycles. The van der Waals surface area contributed by atoms with Gasteiger partial charge in [0.2, 0.25) is 5.82 Å². The maximum Gasteiger partial charge on any atom is 0.206 e. The number of ether oxygens (including phenoxy) is 1. The van der Waals surface area contributed by atoms with Gasteiger partial charge in [-0.1, -0.05) is 0 Å². The summed E-state index contributed by atoms with van der Waals surface area (Å²) in [5.41, 5.74) is 5.93. The molecule has 0 saturated heterocycles. The number of halogens is 1. The lowest BCUT2D eigenvalue weighted by molar-refractivity contribution is 0.363. The van der Waals surface area contributed by atoms with Crippen molar-refractivity contribution in [2.75, 3.05) is 7.11 Å². The van der Waals surface area contributed by atoms with Crippen LogP contribution in [0.25, 0.3) is 0 Å². The molecule has 3 nitrogen and oxygen atoms in total. The first-order chi connectivity index (χ1) is 5.69. The van der Waals surface area contributed by atoms with Gasteiger partial charge in [-0.05, 0) is 17.7 Å². The summed E-state index contributed by atoms with van der Waals surface area (Å²) in [6.45, 7) is 0.240. The Morgan fingerprint density at radius 3 is 2.75 bits per heavy atom. The third kappa shape index (κ3) is 1.48. The summed E-state index contributed by atoms with van der Waals surface area (Å²) in [7, 11) is 1.33. The number of methoxy groups -OCH3 is 1. The van der Waals surface area contributed by atoms with Crippen molar-refractivity contribution in [3.63, 3.8) is 0 Å². The van der Waals surface area contributed by atoms with Gasteiger partial charge in [-0.15, -0.1) is 0 Å². The van der Waals surface area contributed by atoms with Crippen molar-refractivity contribution >= 4 is 0 Å². The monoisotopic (exact) mass is 171 g/mol. The molecule has 0 aliphatic rings. The molecular formula is C8H10FNO2. The summed E-state index contributed by atoms with van der Waals surface area (Å²) < 4.78 is 17.6. The van der Waals surface area contributed by atoms with Gasteiger partial charge in [-0.3, -0.25) is 0 Å². The molecule has 4 heteroatoms. The van der Waals surface area contributed by atoms with Crippen molar-refractivity contribution in [2.45, 2.75) is 6.54 Å². The fourth-order valence-electron chi connectivity index (χ4n) is 0.905. The average molecular weight is 171 g/mol. The zero-order valence-electron chi connectivity index (χ0n) is 6.67. The van der Waals surface area contributed by atoms with Crippen LogP contribution in [0.5, 0.6) is 11.5 Å². The van der Waals surface area contributed by atoms with Crippen molar-refractivity contribution in [1.82, 2.24) is 0 Å². The third-order valence-corrected chi connectivity index (χ3v) is 1.54. The van der Waals surface area contributed by atoms with Crippen LogP contribution in [0.1, 0.15) is 5.56 Å². The summed E-state index contributed by atoms with van der Waals surface area (Å²) >= 11 is 0. The second kappa shape index (κ2) is 3.40. The molecule has 0 amide bonds. The summed E-state index contributed by atoms with van der Waals surface area (Å²) in [4.78, 5) is 0. The third-order valence-electron chi connectivity index (χ3n) is 1.54. The van der Waals surface area contributed by atoms with E-state index in [9.17, 15) is 4.39 Å². The first-order valence-corrected chi connectivity index (χ1v) is 3.44. The predicted octanol–water partition coefficient (Wildman–Crippen LogP) is 0.999. The smallest absolute Gasteiger partial charge is 0.206 e. The van der Waals surface area contributed by atoms with E-state index in [0.29, 0.717) is 5.56 Å². The second-order valence-electron chi connectivity index (χ2n) is 2.34. The van der Waals surface area contributed by atoms with Gasteiger partial charge in [0, 0.05) is 6.54 Å². The van der Waals surface area contributed by atoms with E-state index in [-0.39, 0.29) is 12.3 Å². The molecule has 0 heterocycles. The second-order valence-corrected chi connectivity index (χ2v) is 2.34. The molecule has 0 unspecified atom stereocenters. The highest BCUT2D eigenvalue weighted by Gasteiger charge is 2.09. The molecule has 0 spiro atoms. The number of rotatable bonds is 2. The van der Waals surface area contributed by atoms with Crippen LogP contribution in [-0.4, -0.2) is 12.2 Å². The van der Waals surface area contributed by atoms with E-state index in [1.807, 2.05) is 0 Å². The molecule has 0 aliphatic heterocycles. The molecule has 0 aromatic heterocycles. The van der Waals surface area contributed by atoms with Crippen LogP contribution in [0.4, 0.5) is 4.39 Å². The van der Waals surface area contributed by atoms with Gasteiger partial charge in [0.05, 0.1) is 7.11 Å². The minimum atomic E-state index is -0.755. The van der Waals surface area contributed by atoms with Crippen LogP contribution >= 0.6 is 0 Å². The van der Waals surface area contributed by atoms with Crippen molar-refractivity contribution in [1.29, 1.82) is 0 Å². The number of aromatic hydroxyl groups is 1. The minimum absolute atomic E-state index is 0.00968. The maximum atomic E-state index is 12.9. The molecule has 12 heavy (non-hydrogen) atoms. The molecule has 0 fully saturated rings. The van der Waals surface area contributed by atoms with Crippen molar-refractivity contribution in [3.05, 3.63) is 23.5 Å². The molecule has 1 aromatic carbocycles. The largest absolute Gasteiger partial charge is 0.505 e. The number of hydrogen-bond donors (Lipinski definition) is 2. The normalized spacial score (nSPS) is 9.92. The quantitative estimate of drug-likeness (QED) is 0.697. The number of phenols is 1. The van der Waals surface area contributed by atoms with E-state index >= 15 is 0 Å². The Hall–Kier alpha value is -1.29.